The number of nitrogens with zero attached hydrogens (tertiary/aromatic N) is 1. The number of aryl methyl sites for hydroxylation is 1. The van der Waals surface area contributed by atoms with Crippen molar-refractivity contribution in [3.05, 3.63) is 32.5 Å². The molecule has 0 saturated carbocycles. The Bertz CT molecular complexity index is 485. The molecule has 0 unspecified atom stereocenters. The first-order valence-electron chi connectivity index (χ1n) is 3.42. The van der Waals surface area contributed by atoms with Crippen LogP contribution < -0.4 is 5.56 Å². The summed E-state index contributed by atoms with van der Waals surface area (Å²) in [7, 11) is 1.76. The van der Waals surface area contributed by atoms with Gasteiger partial charge in [0, 0.05) is 28.5 Å². The van der Waals surface area contributed by atoms with Gasteiger partial charge in [0.25, 0.3) is 5.56 Å². The SMILES string of the molecule is Cn1ccc2c(Br)csc2c1=O. The third-order valence-corrected chi connectivity index (χ3v) is 3.70. The molecule has 0 N–H and O–H groups in total. The number of fused-ring (bicyclic) bond motifs is 1. The highest BCUT2D eigenvalue weighted by atomic mass is 79.9. The molecule has 0 aliphatic rings. The number of thiophene rings is 1. The maximum absolute atomic E-state index is 11.5. The molecule has 0 spiro atoms. The lowest BCUT2D eigenvalue weighted by atomic mass is 10.3. The number of aromatic nitrogens is 1. The number of pyridine rings is 1. The summed E-state index contributed by atoms with van der Waals surface area (Å²) >= 11 is 4.86. The van der Waals surface area contributed by atoms with E-state index in [9.17, 15) is 4.79 Å². The monoisotopic (exact) mass is 243 g/mol. The van der Waals surface area contributed by atoms with E-state index in [1.165, 1.54) is 11.3 Å². The van der Waals surface area contributed by atoms with Crippen LogP contribution in [0.3, 0.4) is 0 Å². The summed E-state index contributed by atoms with van der Waals surface area (Å²) < 4.78 is 3.40. The fraction of sp³-hybridized carbons (Fsp3) is 0.125. The van der Waals surface area contributed by atoms with Gasteiger partial charge in [0.05, 0.1) is 0 Å². The standard InChI is InChI=1S/C8H6BrNOS/c1-10-3-2-5-6(9)4-12-7(5)8(10)11/h2-4H,1H3. The predicted molar refractivity (Wildman–Crippen MR) is 54.8 cm³/mol. The first kappa shape index (κ1) is 8.01. The lowest BCUT2D eigenvalue weighted by molar-refractivity contribution is 0.875. The normalized spacial score (nSPS) is 10.8. The molecular formula is C8H6BrNOS. The molecule has 0 amide bonds. The molecule has 2 aromatic heterocycles. The van der Waals surface area contributed by atoms with E-state index in [4.69, 9.17) is 0 Å². The van der Waals surface area contributed by atoms with Gasteiger partial charge in [-0.15, -0.1) is 11.3 Å². The zero-order chi connectivity index (χ0) is 8.72. The predicted octanol–water partition coefficient (Wildman–Crippen LogP) is 2.36. The van der Waals surface area contributed by atoms with Crippen molar-refractivity contribution in [3.8, 4) is 0 Å². The van der Waals surface area contributed by atoms with E-state index in [1.54, 1.807) is 17.8 Å². The molecule has 62 valence electrons. The second-order valence-corrected chi connectivity index (χ2v) is 4.29. The van der Waals surface area contributed by atoms with Crippen LogP contribution in [0.1, 0.15) is 0 Å². The van der Waals surface area contributed by atoms with E-state index >= 15 is 0 Å². The van der Waals surface area contributed by atoms with E-state index in [1.807, 2.05) is 11.4 Å². The van der Waals surface area contributed by atoms with Crippen molar-refractivity contribution >= 4 is 37.4 Å². The van der Waals surface area contributed by atoms with Crippen LogP contribution in [0.15, 0.2) is 26.9 Å². The van der Waals surface area contributed by atoms with Crippen molar-refractivity contribution in [2.45, 2.75) is 0 Å². The summed E-state index contributed by atoms with van der Waals surface area (Å²) in [5.41, 5.74) is 0.0724. The quantitative estimate of drug-likeness (QED) is 0.697. The summed E-state index contributed by atoms with van der Waals surface area (Å²) in [6.07, 6.45) is 1.78. The highest BCUT2D eigenvalue weighted by molar-refractivity contribution is 9.10. The van der Waals surface area contributed by atoms with E-state index in [0.29, 0.717) is 0 Å². The number of rotatable bonds is 0. The zero-order valence-electron chi connectivity index (χ0n) is 6.37. The van der Waals surface area contributed by atoms with Crippen LogP contribution in [0, 0.1) is 0 Å². The molecule has 2 heterocycles. The molecule has 0 aromatic carbocycles. The molecule has 12 heavy (non-hydrogen) atoms. The summed E-state index contributed by atoms with van der Waals surface area (Å²) in [6.45, 7) is 0. The Balaban J connectivity index is 3.03. The molecule has 0 radical (unpaired) electrons. The Morgan fingerprint density at radius 1 is 1.58 bits per heavy atom. The minimum absolute atomic E-state index is 0.0724. The van der Waals surface area contributed by atoms with Crippen molar-refractivity contribution in [2.24, 2.45) is 7.05 Å². The van der Waals surface area contributed by atoms with Crippen molar-refractivity contribution < 1.29 is 0 Å². The van der Waals surface area contributed by atoms with Crippen molar-refractivity contribution in [3.63, 3.8) is 0 Å². The molecule has 2 nitrogen and oxygen atoms in total. The van der Waals surface area contributed by atoms with Gasteiger partial charge in [-0.05, 0) is 22.0 Å². The third kappa shape index (κ3) is 1.03. The van der Waals surface area contributed by atoms with Crippen molar-refractivity contribution in [2.75, 3.05) is 0 Å². The lowest BCUT2D eigenvalue weighted by Gasteiger charge is -1.95. The van der Waals surface area contributed by atoms with Gasteiger partial charge in [0.1, 0.15) is 4.70 Å². The summed E-state index contributed by atoms with van der Waals surface area (Å²) in [4.78, 5) is 11.5. The molecule has 4 heteroatoms. The van der Waals surface area contributed by atoms with Crippen LogP contribution in [0.5, 0.6) is 0 Å². The minimum Gasteiger partial charge on any atom is -0.317 e. The fourth-order valence-corrected chi connectivity index (χ4v) is 2.72. The maximum Gasteiger partial charge on any atom is 0.268 e. The van der Waals surface area contributed by atoms with Gasteiger partial charge in [-0.25, -0.2) is 0 Å². The Morgan fingerprint density at radius 3 is 3.08 bits per heavy atom. The van der Waals surface area contributed by atoms with Gasteiger partial charge in [-0.1, -0.05) is 0 Å². The Morgan fingerprint density at radius 2 is 2.33 bits per heavy atom. The van der Waals surface area contributed by atoms with Crippen LogP contribution in [-0.4, -0.2) is 4.57 Å². The van der Waals surface area contributed by atoms with E-state index in [0.717, 1.165) is 14.6 Å². The summed E-state index contributed by atoms with van der Waals surface area (Å²) in [5, 5.41) is 2.94. The largest absolute Gasteiger partial charge is 0.317 e. The number of hydrogen-bond acceptors (Lipinski definition) is 2. The van der Waals surface area contributed by atoms with Crippen molar-refractivity contribution in [1.82, 2.24) is 4.57 Å². The van der Waals surface area contributed by atoms with E-state index < -0.39 is 0 Å². The van der Waals surface area contributed by atoms with Crippen LogP contribution in [0.2, 0.25) is 0 Å². The molecule has 0 saturated heterocycles. The first-order chi connectivity index (χ1) is 5.70. The topological polar surface area (TPSA) is 22.0 Å². The summed E-state index contributed by atoms with van der Waals surface area (Å²) in [6, 6.07) is 1.94. The zero-order valence-corrected chi connectivity index (χ0v) is 8.78. The summed E-state index contributed by atoms with van der Waals surface area (Å²) in [5.74, 6) is 0. The molecule has 0 fully saturated rings. The second-order valence-electron chi connectivity index (χ2n) is 2.56. The van der Waals surface area contributed by atoms with Crippen LogP contribution in [0.25, 0.3) is 10.1 Å². The number of hydrogen-bond donors (Lipinski definition) is 0. The van der Waals surface area contributed by atoms with Gasteiger partial charge >= 0.3 is 0 Å². The molecule has 0 atom stereocenters. The maximum atomic E-state index is 11.5. The molecule has 2 rings (SSSR count). The second kappa shape index (κ2) is 2.71. The fourth-order valence-electron chi connectivity index (χ4n) is 1.08. The average molecular weight is 244 g/mol. The van der Waals surface area contributed by atoms with Crippen LogP contribution >= 0.6 is 27.3 Å². The van der Waals surface area contributed by atoms with Crippen LogP contribution in [0.4, 0.5) is 0 Å². The minimum atomic E-state index is 0.0724. The molecule has 2 aromatic rings. The van der Waals surface area contributed by atoms with E-state index in [2.05, 4.69) is 15.9 Å². The van der Waals surface area contributed by atoms with Gasteiger partial charge in [-0.3, -0.25) is 4.79 Å². The average Bonchev–Trinajstić information content (AvgIpc) is 2.41. The van der Waals surface area contributed by atoms with E-state index in [-0.39, 0.29) is 5.56 Å². The lowest BCUT2D eigenvalue weighted by Crippen LogP contribution is -2.13. The molecular weight excluding hydrogens is 238 g/mol. The molecule has 0 aliphatic carbocycles. The van der Waals surface area contributed by atoms with Gasteiger partial charge in [-0.2, -0.15) is 0 Å². The Kier molecular flexibility index (Phi) is 1.81. The third-order valence-electron chi connectivity index (χ3n) is 1.76. The van der Waals surface area contributed by atoms with Crippen molar-refractivity contribution in [1.29, 1.82) is 0 Å². The van der Waals surface area contributed by atoms with Gasteiger partial charge in [0.15, 0.2) is 0 Å². The first-order valence-corrected chi connectivity index (χ1v) is 5.10. The van der Waals surface area contributed by atoms with Gasteiger partial charge < -0.3 is 4.57 Å². The smallest absolute Gasteiger partial charge is 0.268 e. The molecule has 0 aliphatic heterocycles. The van der Waals surface area contributed by atoms with Gasteiger partial charge in [0.2, 0.25) is 0 Å². The number of halogens is 1. The Labute approximate surface area is 81.6 Å². The molecule has 0 bridgehead atoms. The highest BCUT2D eigenvalue weighted by Gasteiger charge is 2.04. The Hall–Kier alpha value is -0.610. The highest BCUT2D eigenvalue weighted by Crippen LogP contribution is 2.26. The van der Waals surface area contributed by atoms with Crippen LogP contribution in [-0.2, 0) is 7.05 Å².